The second-order valence-corrected chi connectivity index (χ2v) is 6.17. The Bertz CT molecular complexity index is 907. The molecule has 3 rings (SSSR count). The number of amides is 2. The molecule has 2 N–H and O–H groups in total. The minimum Gasteiger partial charge on any atom is -0.340 e. The van der Waals surface area contributed by atoms with E-state index in [0.29, 0.717) is 17.3 Å². The Balaban J connectivity index is 1.73. The molecule has 0 saturated carbocycles. The van der Waals surface area contributed by atoms with Crippen LogP contribution in [0, 0.1) is 0 Å². The molecule has 0 bridgehead atoms. The van der Waals surface area contributed by atoms with E-state index in [4.69, 9.17) is 11.6 Å². The predicted molar refractivity (Wildman–Crippen MR) is 100 cm³/mol. The van der Waals surface area contributed by atoms with Crippen molar-refractivity contribution >= 4 is 29.1 Å². The van der Waals surface area contributed by atoms with Crippen molar-refractivity contribution in [2.75, 3.05) is 12.4 Å². The fourth-order valence-electron chi connectivity index (χ4n) is 2.47. The van der Waals surface area contributed by atoms with E-state index in [1.165, 1.54) is 11.2 Å². The molecule has 132 valence electrons. The second kappa shape index (κ2) is 7.84. The molecule has 2 amide bonds. The molecule has 0 spiro atoms. The molecule has 1 heterocycles. The molecule has 1 aromatic heterocycles. The van der Waals surface area contributed by atoms with Crippen molar-refractivity contribution in [2.45, 2.75) is 6.54 Å². The fourth-order valence-corrected chi connectivity index (χ4v) is 2.60. The molecule has 0 aliphatic heterocycles. The Hall–Kier alpha value is -3.12. The molecule has 3 aromatic rings. The van der Waals surface area contributed by atoms with Crippen LogP contribution in [0.15, 0.2) is 60.9 Å². The van der Waals surface area contributed by atoms with E-state index in [2.05, 4.69) is 15.3 Å². The van der Waals surface area contributed by atoms with Crippen LogP contribution >= 0.6 is 11.6 Å². The monoisotopic (exact) mass is 368 g/mol. The number of rotatable bonds is 5. The number of aromatic amines is 1. The number of nitrogens with zero attached hydrogens (tertiary/aromatic N) is 2. The summed E-state index contributed by atoms with van der Waals surface area (Å²) in [6, 6.07) is 16.3. The first-order chi connectivity index (χ1) is 12.5. The van der Waals surface area contributed by atoms with Gasteiger partial charge in [0.2, 0.25) is 0 Å². The lowest BCUT2D eigenvalue weighted by Gasteiger charge is -2.17. The first-order valence-corrected chi connectivity index (χ1v) is 8.32. The van der Waals surface area contributed by atoms with Crippen LogP contribution in [0.4, 0.5) is 5.69 Å². The highest BCUT2D eigenvalue weighted by Crippen LogP contribution is 2.16. The van der Waals surface area contributed by atoms with Gasteiger partial charge < -0.3 is 15.2 Å². The van der Waals surface area contributed by atoms with E-state index in [-0.39, 0.29) is 17.3 Å². The van der Waals surface area contributed by atoms with Gasteiger partial charge in [-0.25, -0.2) is 4.98 Å². The van der Waals surface area contributed by atoms with Gasteiger partial charge in [-0.3, -0.25) is 9.59 Å². The van der Waals surface area contributed by atoms with Crippen molar-refractivity contribution < 1.29 is 9.59 Å². The maximum Gasteiger partial charge on any atom is 0.276 e. The van der Waals surface area contributed by atoms with Gasteiger partial charge in [0.15, 0.2) is 5.69 Å². The number of H-pyrrole nitrogens is 1. The second-order valence-electron chi connectivity index (χ2n) is 5.73. The van der Waals surface area contributed by atoms with Crippen LogP contribution in [-0.2, 0) is 6.54 Å². The van der Waals surface area contributed by atoms with Gasteiger partial charge in [-0.15, -0.1) is 0 Å². The predicted octanol–water partition coefficient (Wildman–Crippen LogP) is 3.59. The van der Waals surface area contributed by atoms with Crippen molar-refractivity contribution in [3.63, 3.8) is 0 Å². The SMILES string of the molecule is CN(Cc1ccccc1)C(=O)c1[nH]cnc1C(=O)Nc1ccc(Cl)cc1. The van der Waals surface area contributed by atoms with Gasteiger partial charge in [0.25, 0.3) is 11.8 Å². The zero-order valence-electron chi connectivity index (χ0n) is 14.1. The number of nitrogens with one attached hydrogen (secondary N) is 2. The molecule has 0 aliphatic rings. The smallest absolute Gasteiger partial charge is 0.276 e. The molecule has 0 radical (unpaired) electrons. The van der Waals surface area contributed by atoms with Crippen LogP contribution in [0.2, 0.25) is 5.02 Å². The number of hydrogen-bond donors (Lipinski definition) is 2. The highest BCUT2D eigenvalue weighted by molar-refractivity contribution is 6.30. The van der Waals surface area contributed by atoms with E-state index in [0.717, 1.165) is 5.56 Å². The third kappa shape index (κ3) is 4.10. The average molecular weight is 369 g/mol. The topological polar surface area (TPSA) is 78.1 Å². The summed E-state index contributed by atoms with van der Waals surface area (Å²) in [5, 5.41) is 3.28. The molecule has 0 atom stereocenters. The summed E-state index contributed by atoms with van der Waals surface area (Å²) < 4.78 is 0. The van der Waals surface area contributed by atoms with Crippen molar-refractivity contribution in [3.05, 3.63) is 82.9 Å². The number of benzene rings is 2. The van der Waals surface area contributed by atoms with Crippen LogP contribution in [0.1, 0.15) is 26.5 Å². The van der Waals surface area contributed by atoms with E-state index in [1.807, 2.05) is 30.3 Å². The first kappa shape index (κ1) is 17.7. The Morgan fingerprint density at radius 2 is 1.81 bits per heavy atom. The third-order valence-corrected chi connectivity index (χ3v) is 4.03. The van der Waals surface area contributed by atoms with Crippen LogP contribution in [0.25, 0.3) is 0 Å². The summed E-state index contributed by atoms with van der Waals surface area (Å²) in [5.74, 6) is -0.780. The zero-order chi connectivity index (χ0) is 18.5. The fraction of sp³-hybridized carbons (Fsp3) is 0.105. The summed E-state index contributed by atoms with van der Waals surface area (Å²) in [7, 11) is 1.68. The van der Waals surface area contributed by atoms with Crippen LogP contribution in [-0.4, -0.2) is 33.7 Å². The molecule has 0 fully saturated rings. The van der Waals surface area contributed by atoms with Crippen LogP contribution in [0.3, 0.4) is 0 Å². The minimum atomic E-state index is -0.468. The zero-order valence-corrected chi connectivity index (χ0v) is 14.8. The molecule has 7 heteroatoms. The summed E-state index contributed by atoms with van der Waals surface area (Å²) >= 11 is 5.84. The number of anilines is 1. The van der Waals surface area contributed by atoms with Crippen molar-refractivity contribution in [2.24, 2.45) is 0 Å². The Morgan fingerprint density at radius 3 is 2.50 bits per heavy atom. The number of carbonyl (C=O) groups is 2. The standard InChI is InChI=1S/C19H17ClN4O2/c1-24(11-13-5-3-2-4-6-13)19(26)17-16(21-12-22-17)18(25)23-15-9-7-14(20)8-10-15/h2-10,12H,11H2,1H3,(H,21,22)(H,23,25). The quantitative estimate of drug-likeness (QED) is 0.722. The number of carbonyl (C=O) groups excluding carboxylic acids is 2. The molecule has 0 aliphatic carbocycles. The maximum absolute atomic E-state index is 12.7. The van der Waals surface area contributed by atoms with Crippen molar-refractivity contribution in [1.29, 1.82) is 0 Å². The Labute approximate surface area is 155 Å². The number of hydrogen-bond acceptors (Lipinski definition) is 3. The highest BCUT2D eigenvalue weighted by atomic mass is 35.5. The summed E-state index contributed by atoms with van der Waals surface area (Å²) in [6.07, 6.45) is 1.33. The van der Waals surface area contributed by atoms with Gasteiger partial charge in [0.1, 0.15) is 5.69 Å². The van der Waals surface area contributed by atoms with E-state index in [1.54, 1.807) is 31.3 Å². The van der Waals surface area contributed by atoms with Gasteiger partial charge >= 0.3 is 0 Å². The molecular weight excluding hydrogens is 352 g/mol. The van der Waals surface area contributed by atoms with E-state index in [9.17, 15) is 9.59 Å². The maximum atomic E-state index is 12.7. The molecule has 0 unspecified atom stereocenters. The summed E-state index contributed by atoms with van der Waals surface area (Å²) in [5.41, 5.74) is 1.76. The third-order valence-electron chi connectivity index (χ3n) is 3.78. The summed E-state index contributed by atoms with van der Waals surface area (Å²) in [6.45, 7) is 0.428. The number of imidazole rings is 1. The molecule has 26 heavy (non-hydrogen) atoms. The van der Waals surface area contributed by atoms with Gasteiger partial charge in [0, 0.05) is 24.3 Å². The van der Waals surface area contributed by atoms with Gasteiger partial charge in [-0.2, -0.15) is 0 Å². The Kier molecular flexibility index (Phi) is 5.34. The van der Waals surface area contributed by atoms with Crippen LogP contribution in [0.5, 0.6) is 0 Å². The highest BCUT2D eigenvalue weighted by Gasteiger charge is 2.23. The molecule has 0 saturated heterocycles. The first-order valence-electron chi connectivity index (χ1n) is 7.94. The lowest BCUT2D eigenvalue weighted by Crippen LogP contribution is -2.29. The van der Waals surface area contributed by atoms with Gasteiger partial charge in [0.05, 0.1) is 6.33 Å². The van der Waals surface area contributed by atoms with Crippen molar-refractivity contribution in [3.8, 4) is 0 Å². The molecule has 2 aromatic carbocycles. The minimum absolute atomic E-state index is 0.0462. The summed E-state index contributed by atoms with van der Waals surface area (Å²) in [4.78, 5) is 33.5. The lowest BCUT2D eigenvalue weighted by atomic mass is 10.2. The van der Waals surface area contributed by atoms with Gasteiger partial charge in [-0.05, 0) is 29.8 Å². The van der Waals surface area contributed by atoms with Crippen molar-refractivity contribution in [1.82, 2.24) is 14.9 Å². The number of halogens is 1. The largest absolute Gasteiger partial charge is 0.340 e. The lowest BCUT2D eigenvalue weighted by molar-refractivity contribution is 0.0774. The molecule has 6 nitrogen and oxygen atoms in total. The van der Waals surface area contributed by atoms with E-state index >= 15 is 0 Å². The normalized spacial score (nSPS) is 10.4. The average Bonchev–Trinajstić information content (AvgIpc) is 3.13. The number of aromatic nitrogens is 2. The van der Waals surface area contributed by atoms with E-state index < -0.39 is 5.91 Å². The van der Waals surface area contributed by atoms with Gasteiger partial charge in [-0.1, -0.05) is 41.9 Å². The Morgan fingerprint density at radius 1 is 1.12 bits per heavy atom. The van der Waals surface area contributed by atoms with Crippen LogP contribution < -0.4 is 5.32 Å². The molecular formula is C19H17ClN4O2.